The zero-order chi connectivity index (χ0) is 18.7. The number of hydrogen-bond donors (Lipinski definition) is 0. The second-order valence-corrected chi connectivity index (χ2v) is 9.19. The van der Waals surface area contributed by atoms with Crippen LogP contribution in [0.15, 0.2) is 48.5 Å². The van der Waals surface area contributed by atoms with Crippen LogP contribution in [0.5, 0.6) is 0 Å². The smallest absolute Gasteiger partial charge is 0.218 e. The summed E-state index contributed by atoms with van der Waals surface area (Å²) in [6, 6.07) is 16.0. The zero-order valence-corrected chi connectivity index (χ0v) is 16.5. The zero-order valence-electron chi connectivity index (χ0n) is 15.7. The Kier molecular flexibility index (Phi) is 5.80. The minimum Gasteiger partial charge on any atom is -0.371 e. The van der Waals surface area contributed by atoms with Crippen LogP contribution in [0.2, 0.25) is 0 Å². The minimum atomic E-state index is -3.37. The molecule has 0 bridgehead atoms. The number of nitrogens with zero attached hydrogens (tertiary/aromatic N) is 1. The molecule has 1 atom stereocenters. The molecule has 4 nitrogen and oxygen atoms in total. The molecular weight excluding hydrogens is 346 g/mol. The maximum absolute atomic E-state index is 12.9. The third kappa shape index (κ3) is 4.34. The van der Waals surface area contributed by atoms with Crippen LogP contribution in [0.3, 0.4) is 0 Å². The maximum atomic E-state index is 12.9. The standard InChI is InChI=1S/C21H27NO3S/c1-16(2)18-8-10-19(11-9-18)21-14-22(12-13-25-21)26(23,24)15-20-7-5-4-6-17(20)3/h4-11,16,21H,12-15H2,1-3H3. The van der Waals surface area contributed by atoms with E-state index in [1.54, 1.807) is 4.31 Å². The fourth-order valence-corrected chi connectivity index (χ4v) is 4.85. The average Bonchev–Trinajstić information content (AvgIpc) is 2.64. The van der Waals surface area contributed by atoms with E-state index >= 15 is 0 Å². The Labute approximate surface area is 156 Å². The number of sulfonamides is 1. The first-order valence-electron chi connectivity index (χ1n) is 9.10. The Morgan fingerprint density at radius 2 is 1.81 bits per heavy atom. The molecule has 0 amide bonds. The van der Waals surface area contributed by atoms with E-state index in [1.807, 2.05) is 31.2 Å². The van der Waals surface area contributed by atoms with Gasteiger partial charge in [-0.1, -0.05) is 62.4 Å². The van der Waals surface area contributed by atoms with Crippen molar-refractivity contribution in [3.05, 3.63) is 70.8 Å². The van der Waals surface area contributed by atoms with Gasteiger partial charge < -0.3 is 4.74 Å². The summed E-state index contributed by atoms with van der Waals surface area (Å²) >= 11 is 0. The van der Waals surface area contributed by atoms with Crippen molar-refractivity contribution in [1.29, 1.82) is 0 Å². The van der Waals surface area contributed by atoms with Crippen molar-refractivity contribution in [2.75, 3.05) is 19.7 Å². The topological polar surface area (TPSA) is 46.6 Å². The highest BCUT2D eigenvalue weighted by molar-refractivity contribution is 7.88. The van der Waals surface area contributed by atoms with E-state index in [1.165, 1.54) is 5.56 Å². The van der Waals surface area contributed by atoms with Gasteiger partial charge in [-0.05, 0) is 35.1 Å². The third-order valence-electron chi connectivity index (χ3n) is 5.00. The summed E-state index contributed by atoms with van der Waals surface area (Å²) in [5.41, 5.74) is 4.17. The van der Waals surface area contributed by atoms with Gasteiger partial charge in [0.25, 0.3) is 0 Å². The predicted octanol–water partition coefficient (Wildman–Crippen LogP) is 4.02. The Morgan fingerprint density at radius 3 is 2.46 bits per heavy atom. The maximum Gasteiger partial charge on any atom is 0.218 e. The minimum absolute atomic E-state index is 0.0404. The fraction of sp³-hybridized carbons (Fsp3) is 0.429. The van der Waals surface area contributed by atoms with Crippen molar-refractivity contribution < 1.29 is 13.2 Å². The molecule has 1 unspecified atom stereocenters. The number of hydrogen-bond acceptors (Lipinski definition) is 3. The Morgan fingerprint density at radius 1 is 1.12 bits per heavy atom. The van der Waals surface area contributed by atoms with Gasteiger partial charge in [-0.15, -0.1) is 0 Å². The van der Waals surface area contributed by atoms with Gasteiger partial charge in [-0.25, -0.2) is 8.42 Å². The number of benzene rings is 2. The quantitative estimate of drug-likeness (QED) is 0.795. The van der Waals surface area contributed by atoms with Crippen LogP contribution in [-0.4, -0.2) is 32.4 Å². The molecule has 2 aromatic carbocycles. The number of ether oxygens (including phenoxy) is 1. The van der Waals surface area contributed by atoms with Crippen LogP contribution < -0.4 is 0 Å². The second-order valence-electron chi connectivity index (χ2n) is 7.22. The molecule has 0 spiro atoms. The van der Waals surface area contributed by atoms with E-state index in [2.05, 4.69) is 38.1 Å². The van der Waals surface area contributed by atoms with Gasteiger partial charge >= 0.3 is 0 Å². The van der Waals surface area contributed by atoms with Gasteiger partial charge in [0.05, 0.1) is 18.5 Å². The predicted molar refractivity (Wildman–Crippen MR) is 105 cm³/mol. The second kappa shape index (κ2) is 7.91. The summed E-state index contributed by atoms with van der Waals surface area (Å²) in [6.07, 6.45) is -0.211. The molecule has 26 heavy (non-hydrogen) atoms. The molecule has 1 saturated heterocycles. The summed E-state index contributed by atoms with van der Waals surface area (Å²) in [4.78, 5) is 0. The largest absolute Gasteiger partial charge is 0.371 e. The molecule has 5 heteroatoms. The van der Waals surface area contributed by atoms with Crippen molar-refractivity contribution in [2.45, 2.75) is 38.5 Å². The Balaban J connectivity index is 1.74. The van der Waals surface area contributed by atoms with Crippen LogP contribution in [0, 0.1) is 6.92 Å². The molecule has 1 heterocycles. The van der Waals surface area contributed by atoms with E-state index in [-0.39, 0.29) is 11.9 Å². The molecule has 1 aliphatic rings. The normalized spacial score (nSPS) is 19.0. The van der Waals surface area contributed by atoms with Crippen molar-refractivity contribution in [3.8, 4) is 0 Å². The Bertz CT molecular complexity index is 844. The fourth-order valence-electron chi connectivity index (χ4n) is 3.24. The summed E-state index contributed by atoms with van der Waals surface area (Å²) in [7, 11) is -3.37. The van der Waals surface area contributed by atoms with E-state index in [9.17, 15) is 8.42 Å². The van der Waals surface area contributed by atoms with Gasteiger partial charge in [-0.2, -0.15) is 4.31 Å². The molecule has 0 aromatic heterocycles. The summed E-state index contributed by atoms with van der Waals surface area (Å²) in [5.74, 6) is 0.515. The average molecular weight is 374 g/mol. The number of morpholine rings is 1. The molecule has 140 valence electrons. The van der Waals surface area contributed by atoms with Gasteiger partial charge in [-0.3, -0.25) is 0 Å². The lowest BCUT2D eigenvalue weighted by atomic mass is 10.00. The molecule has 1 aliphatic heterocycles. The van der Waals surface area contributed by atoms with Crippen molar-refractivity contribution in [3.63, 3.8) is 0 Å². The summed E-state index contributed by atoms with van der Waals surface area (Å²) in [6.45, 7) is 7.47. The van der Waals surface area contributed by atoms with Crippen molar-refractivity contribution in [1.82, 2.24) is 4.31 Å². The first-order chi connectivity index (χ1) is 12.4. The summed E-state index contributed by atoms with van der Waals surface area (Å²) in [5, 5.41) is 0. The van der Waals surface area contributed by atoms with Gasteiger partial charge in [0.2, 0.25) is 10.0 Å². The van der Waals surface area contributed by atoms with Crippen LogP contribution in [-0.2, 0) is 20.5 Å². The van der Waals surface area contributed by atoms with Gasteiger partial charge in [0, 0.05) is 13.1 Å². The van der Waals surface area contributed by atoms with Gasteiger partial charge in [0.15, 0.2) is 0 Å². The van der Waals surface area contributed by atoms with Crippen LogP contribution in [0.1, 0.15) is 48.1 Å². The number of aryl methyl sites for hydroxylation is 1. The third-order valence-corrected chi connectivity index (χ3v) is 6.79. The van der Waals surface area contributed by atoms with E-state index < -0.39 is 10.0 Å². The molecule has 0 aliphatic carbocycles. The molecule has 1 fully saturated rings. The van der Waals surface area contributed by atoms with Crippen LogP contribution >= 0.6 is 0 Å². The van der Waals surface area contributed by atoms with Crippen LogP contribution in [0.4, 0.5) is 0 Å². The molecule has 0 radical (unpaired) electrons. The lowest BCUT2D eigenvalue weighted by Crippen LogP contribution is -2.42. The van der Waals surface area contributed by atoms with E-state index in [4.69, 9.17) is 4.74 Å². The highest BCUT2D eigenvalue weighted by Crippen LogP contribution is 2.27. The molecule has 2 aromatic rings. The summed E-state index contributed by atoms with van der Waals surface area (Å²) < 4.78 is 33.2. The molecular formula is C21H27NO3S. The first-order valence-corrected chi connectivity index (χ1v) is 10.7. The highest BCUT2D eigenvalue weighted by Gasteiger charge is 2.30. The lowest BCUT2D eigenvalue weighted by Gasteiger charge is -2.32. The number of rotatable bonds is 5. The van der Waals surface area contributed by atoms with Crippen molar-refractivity contribution in [2.24, 2.45) is 0 Å². The van der Waals surface area contributed by atoms with Crippen LogP contribution in [0.25, 0.3) is 0 Å². The lowest BCUT2D eigenvalue weighted by molar-refractivity contribution is -0.00261. The van der Waals surface area contributed by atoms with Gasteiger partial charge in [0.1, 0.15) is 0 Å². The SMILES string of the molecule is Cc1ccccc1CS(=O)(=O)N1CCOC(c2ccc(C(C)C)cc2)C1. The van der Waals surface area contributed by atoms with E-state index in [0.29, 0.717) is 25.6 Å². The monoisotopic (exact) mass is 373 g/mol. The van der Waals surface area contributed by atoms with Crippen molar-refractivity contribution >= 4 is 10.0 Å². The Hall–Kier alpha value is -1.69. The van der Waals surface area contributed by atoms with E-state index in [0.717, 1.165) is 16.7 Å². The molecule has 3 rings (SSSR count). The first kappa shape index (κ1) is 19.1. The molecule has 0 saturated carbocycles. The molecule has 0 N–H and O–H groups in total. The highest BCUT2D eigenvalue weighted by atomic mass is 32.2.